The Balaban J connectivity index is 2.38. The third-order valence-corrected chi connectivity index (χ3v) is 2.25. The van der Waals surface area contributed by atoms with Crippen LogP contribution >= 0.6 is 0 Å². The molecule has 1 aliphatic rings. The molecule has 60 valence electrons. The van der Waals surface area contributed by atoms with Gasteiger partial charge in [-0.1, -0.05) is 6.92 Å². The van der Waals surface area contributed by atoms with Crippen molar-refractivity contribution in [3.05, 3.63) is 0 Å². The summed E-state index contributed by atoms with van der Waals surface area (Å²) in [4.78, 5) is 0. The quantitative estimate of drug-likeness (QED) is 0.594. The van der Waals surface area contributed by atoms with Gasteiger partial charge in [0, 0.05) is 12.1 Å². The average Bonchev–Trinajstić information content (AvgIpc) is 1.94. The van der Waals surface area contributed by atoms with Gasteiger partial charge in [-0.2, -0.15) is 0 Å². The van der Waals surface area contributed by atoms with E-state index in [1.165, 1.54) is 0 Å². The van der Waals surface area contributed by atoms with Gasteiger partial charge in [0.1, 0.15) is 6.17 Å². The van der Waals surface area contributed by atoms with E-state index in [9.17, 15) is 4.39 Å². The highest BCUT2D eigenvalue weighted by Crippen LogP contribution is 2.17. The normalized spacial score (nSPS) is 41.7. The molecule has 1 aliphatic heterocycles. The molecule has 3 unspecified atom stereocenters. The Kier molecular flexibility index (Phi) is 2.66. The van der Waals surface area contributed by atoms with Crippen LogP contribution in [0.4, 0.5) is 4.39 Å². The van der Waals surface area contributed by atoms with Gasteiger partial charge < -0.3 is 5.32 Å². The van der Waals surface area contributed by atoms with Gasteiger partial charge in [-0.25, -0.2) is 4.39 Å². The monoisotopic (exact) mass is 145 g/mol. The van der Waals surface area contributed by atoms with Gasteiger partial charge >= 0.3 is 0 Å². The molecule has 0 saturated carbocycles. The molecule has 3 atom stereocenters. The number of hydrogen-bond donors (Lipinski definition) is 1. The van der Waals surface area contributed by atoms with Crippen LogP contribution < -0.4 is 5.32 Å². The Morgan fingerprint density at radius 1 is 1.50 bits per heavy atom. The zero-order valence-corrected chi connectivity index (χ0v) is 6.73. The first-order valence-electron chi connectivity index (χ1n) is 4.14. The third kappa shape index (κ3) is 1.69. The molecule has 10 heavy (non-hydrogen) atoms. The summed E-state index contributed by atoms with van der Waals surface area (Å²) in [6.45, 7) is 4.15. The number of nitrogens with one attached hydrogen (secondary N) is 1. The fourth-order valence-electron chi connectivity index (χ4n) is 1.54. The zero-order valence-electron chi connectivity index (χ0n) is 6.73. The minimum absolute atomic E-state index is 0.115. The SMILES string of the molecule is CCC1NC(C)CCC1F. The van der Waals surface area contributed by atoms with Crippen LogP contribution in [-0.4, -0.2) is 18.3 Å². The second-order valence-corrected chi connectivity index (χ2v) is 3.18. The van der Waals surface area contributed by atoms with Gasteiger partial charge in [0.25, 0.3) is 0 Å². The molecule has 1 rings (SSSR count). The molecule has 0 radical (unpaired) electrons. The van der Waals surface area contributed by atoms with Gasteiger partial charge in [0.15, 0.2) is 0 Å². The van der Waals surface area contributed by atoms with E-state index in [2.05, 4.69) is 12.2 Å². The molecule has 0 aromatic carbocycles. The number of rotatable bonds is 1. The minimum Gasteiger partial charge on any atom is -0.309 e. The molecular formula is C8H16FN. The summed E-state index contributed by atoms with van der Waals surface area (Å²) in [5.41, 5.74) is 0. The summed E-state index contributed by atoms with van der Waals surface area (Å²) in [6.07, 6.45) is 2.02. The van der Waals surface area contributed by atoms with Gasteiger partial charge in [-0.3, -0.25) is 0 Å². The van der Waals surface area contributed by atoms with E-state index >= 15 is 0 Å². The standard InChI is InChI=1S/C8H16FN/c1-3-8-7(9)5-4-6(2)10-8/h6-8,10H,3-5H2,1-2H3. The van der Waals surface area contributed by atoms with E-state index in [0.717, 1.165) is 19.3 Å². The van der Waals surface area contributed by atoms with Crippen LogP contribution in [0.5, 0.6) is 0 Å². The molecule has 0 spiro atoms. The lowest BCUT2D eigenvalue weighted by atomic mass is 9.96. The fourth-order valence-corrected chi connectivity index (χ4v) is 1.54. The van der Waals surface area contributed by atoms with E-state index in [4.69, 9.17) is 0 Å². The molecule has 0 aromatic rings. The minimum atomic E-state index is -0.610. The van der Waals surface area contributed by atoms with Crippen molar-refractivity contribution in [2.75, 3.05) is 0 Å². The predicted molar refractivity (Wildman–Crippen MR) is 40.8 cm³/mol. The third-order valence-electron chi connectivity index (χ3n) is 2.25. The van der Waals surface area contributed by atoms with Crippen LogP contribution in [0, 0.1) is 0 Å². The van der Waals surface area contributed by atoms with E-state index in [0.29, 0.717) is 6.04 Å². The number of alkyl halides is 1. The van der Waals surface area contributed by atoms with E-state index in [-0.39, 0.29) is 6.04 Å². The molecule has 1 saturated heterocycles. The second-order valence-electron chi connectivity index (χ2n) is 3.18. The van der Waals surface area contributed by atoms with Crippen LogP contribution in [0.2, 0.25) is 0 Å². The molecule has 0 amide bonds. The molecule has 1 fully saturated rings. The Labute approximate surface area is 62.0 Å². The highest BCUT2D eigenvalue weighted by atomic mass is 19.1. The first-order valence-corrected chi connectivity index (χ1v) is 4.14. The van der Waals surface area contributed by atoms with Crippen LogP contribution in [0.1, 0.15) is 33.1 Å². The summed E-state index contributed by atoms with van der Waals surface area (Å²) < 4.78 is 13.0. The molecule has 1 heterocycles. The van der Waals surface area contributed by atoms with Crippen molar-refractivity contribution in [1.29, 1.82) is 0 Å². The van der Waals surface area contributed by atoms with Crippen LogP contribution in [-0.2, 0) is 0 Å². The van der Waals surface area contributed by atoms with Crippen molar-refractivity contribution in [3.8, 4) is 0 Å². The first-order chi connectivity index (χ1) is 4.74. The van der Waals surface area contributed by atoms with E-state index in [1.807, 2.05) is 6.92 Å². The van der Waals surface area contributed by atoms with E-state index < -0.39 is 6.17 Å². The maximum atomic E-state index is 13.0. The largest absolute Gasteiger partial charge is 0.309 e. The molecule has 1 nitrogen and oxygen atoms in total. The van der Waals surface area contributed by atoms with Crippen LogP contribution in [0.25, 0.3) is 0 Å². The zero-order chi connectivity index (χ0) is 7.56. The maximum Gasteiger partial charge on any atom is 0.115 e. The Bertz CT molecular complexity index is 105. The summed E-state index contributed by atoms with van der Waals surface area (Å²) in [7, 11) is 0. The topological polar surface area (TPSA) is 12.0 Å². The van der Waals surface area contributed by atoms with Gasteiger partial charge in [-0.05, 0) is 26.2 Å². The second kappa shape index (κ2) is 3.33. The Hall–Kier alpha value is -0.110. The maximum absolute atomic E-state index is 13.0. The molecule has 1 N–H and O–H groups in total. The Morgan fingerprint density at radius 3 is 2.70 bits per heavy atom. The number of halogens is 1. The van der Waals surface area contributed by atoms with Gasteiger partial charge in [0.05, 0.1) is 0 Å². The summed E-state index contributed by atoms with van der Waals surface area (Å²) in [5, 5.41) is 3.24. The van der Waals surface area contributed by atoms with Crippen molar-refractivity contribution in [1.82, 2.24) is 5.32 Å². The lowest BCUT2D eigenvalue weighted by Gasteiger charge is -2.30. The van der Waals surface area contributed by atoms with Crippen LogP contribution in [0.15, 0.2) is 0 Å². The lowest BCUT2D eigenvalue weighted by molar-refractivity contribution is 0.171. The van der Waals surface area contributed by atoms with Crippen molar-refractivity contribution < 1.29 is 4.39 Å². The molecular weight excluding hydrogens is 129 g/mol. The Morgan fingerprint density at radius 2 is 2.20 bits per heavy atom. The molecule has 0 aliphatic carbocycles. The molecule has 2 heteroatoms. The van der Waals surface area contributed by atoms with Crippen molar-refractivity contribution in [3.63, 3.8) is 0 Å². The highest BCUT2D eigenvalue weighted by Gasteiger charge is 2.25. The van der Waals surface area contributed by atoms with E-state index in [1.54, 1.807) is 0 Å². The first kappa shape index (κ1) is 7.99. The summed E-state index contributed by atoms with van der Waals surface area (Å²) in [5.74, 6) is 0. The molecule has 0 aromatic heterocycles. The van der Waals surface area contributed by atoms with Crippen molar-refractivity contribution in [2.45, 2.75) is 51.4 Å². The van der Waals surface area contributed by atoms with Crippen molar-refractivity contribution in [2.24, 2.45) is 0 Å². The van der Waals surface area contributed by atoms with Gasteiger partial charge in [0.2, 0.25) is 0 Å². The van der Waals surface area contributed by atoms with Crippen molar-refractivity contribution >= 4 is 0 Å². The predicted octanol–water partition coefficient (Wildman–Crippen LogP) is 1.88. The van der Waals surface area contributed by atoms with Gasteiger partial charge in [-0.15, -0.1) is 0 Å². The highest BCUT2D eigenvalue weighted by molar-refractivity contribution is 4.83. The molecule has 0 bridgehead atoms. The fraction of sp³-hybridized carbons (Fsp3) is 1.00. The summed E-state index contributed by atoms with van der Waals surface area (Å²) >= 11 is 0. The smallest absolute Gasteiger partial charge is 0.115 e. The lowest BCUT2D eigenvalue weighted by Crippen LogP contribution is -2.47. The number of hydrogen-bond acceptors (Lipinski definition) is 1. The van der Waals surface area contributed by atoms with Crippen LogP contribution in [0.3, 0.4) is 0 Å². The number of piperidine rings is 1. The average molecular weight is 145 g/mol. The summed E-state index contributed by atoms with van der Waals surface area (Å²) in [6, 6.07) is 0.626.